The molecule has 0 spiro atoms. The number of nitrogens with two attached hydrogens (primary N) is 1. The molecule has 2 heterocycles. The van der Waals surface area contributed by atoms with Gasteiger partial charge in [-0.25, -0.2) is 0 Å². The molecule has 1 aliphatic rings. The first-order valence-corrected chi connectivity index (χ1v) is 12.0. The van der Waals surface area contributed by atoms with Gasteiger partial charge < -0.3 is 10.6 Å². The van der Waals surface area contributed by atoms with Gasteiger partial charge in [0.25, 0.3) is 0 Å². The molecule has 0 amide bonds. The zero-order valence-corrected chi connectivity index (χ0v) is 20.6. The molecule has 2 N–H and O–H groups in total. The lowest BCUT2D eigenvalue weighted by Crippen LogP contribution is -2.35. The number of rotatable bonds is 6. The Morgan fingerprint density at radius 3 is 2.14 bits per heavy atom. The summed E-state index contributed by atoms with van der Waals surface area (Å²) >= 11 is 5.52. The highest BCUT2D eigenvalue weighted by Crippen LogP contribution is 2.49. The van der Waals surface area contributed by atoms with Gasteiger partial charge in [0, 0.05) is 11.8 Å². The van der Waals surface area contributed by atoms with Crippen LogP contribution in [-0.2, 0) is 6.54 Å². The first-order valence-electron chi connectivity index (χ1n) is 10.4. The van der Waals surface area contributed by atoms with Gasteiger partial charge in [-0.3, -0.25) is 4.98 Å². The highest BCUT2D eigenvalue weighted by molar-refractivity contribution is 9.14. The second kappa shape index (κ2) is 9.23. The van der Waals surface area contributed by atoms with Gasteiger partial charge >= 0.3 is 0 Å². The van der Waals surface area contributed by atoms with E-state index >= 15 is 0 Å². The molecule has 1 aliphatic heterocycles. The van der Waals surface area contributed by atoms with Crippen molar-refractivity contribution in [1.29, 1.82) is 0 Å². The minimum absolute atomic E-state index is 0.133. The van der Waals surface area contributed by atoms with Crippen LogP contribution in [-0.4, -0.2) is 15.4 Å². The maximum Gasteiger partial charge on any atom is 0.131 e. The molecule has 2 aromatic rings. The molecule has 0 aliphatic carbocycles. The van der Waals surface area contributed by atoms with Crippen LogP contribution in [0.15, 0.2) is 40.3 Å². The average molecular weight is 475 g/mol. The number of hydrogen-bond donors (Lipinski definition) is 1. The van der Waals surface area contributed by atoms with E-state index in [1.807, 2.05) is 18.3 Å². The summed E-state index contributed by atoms with van der Waals surface area (Å²) in [5.41, 5.74) is 14.2. The van der Waals surface area contributed by atoms with Crippen molar-refractivity contribution < 1.29 is 0 Å². The van der Waals surface area contributed by atoms with E-state index < -0.39 is 0 Å². The third-order valence-electron chi connectivity index (χ3n) is 5.43. The van der Waals surface area contributed by atoms with E-state index in [9.17, 15) is 0 Å². The van der Waals surface area contributed by atoms with Gasteiger partial charge in [-0.1, -0.05) is 71.5 Å². The molecule has 0 bridgehead atoms. The number of nitrogens with zero attached hydrogens (tertiary/aromatic N) is 2. The lowest BCUT2D eigenvalue weighted by atomic mass is 9.83. The van der Waals surface area contributed by atoms with Crippen molar-refractivity contribution in [3.63, 3.8) is 0 Å². The molecule has 1 aromatic heterocycles. The molecular formula is C24H32BrN3S. The molecule has 0 saturated heterocycles. The Bertz CT molecular complexity index is 861. The lowest BCUT2D eigenvalue weighted by molar-refractivity contribution is 0.374. The third kappa shape index (κ3) is 4.73. The molecule has 1 unspecified atom stereocenters. The molecule has 1 aromatic carbocycles. The van der Waals surface area contributed by atoms with E-state index in [4.69, 9.17) is 5.73 Å². The van der Waals surface area contributed by atoms with Crippen LogP contribution < -0.4 is 5.73 Å². The Hall–Kier alpha value is -1.30. The van der Waals surface area contributed by atoms with Crippen LogP contribution in [0.1, 0.15) is 87.2 Å². The smallest absolute Gasteiger partial charge is 0.131 e. The molecule has 5 heteroatoms. The summed E-state index contributed by atoms with van der Waals surface area (Å²) in [6, 6.07) is 10.9. The van der Waals surface area contributed by atoms with E-state index in [1.165, 1.54) is 28.0 Å². The van der Waals surface area contributed by atoms with Gasteiger partial charge in [-0.2, -0.15) is 0 Å². The molecule has 0 saturated carbocycles. The third-order valence-corrected chi connectivity index (χ3v) is 7.27. The summed E-state index contributed by atoms with van der Waals surface area (Å²) in [5.74, 6) is 1.35. The number of pyridine rings is 1. The van der Waals surface area contributed by atoms with Crippen molar-refractivity contribution in [2.24, 2.45) is 5.73 Å². The number of halogens is 1. The first kappa shape index (κ1) is 22.4. The summed E-state index contributed by atoms with van der Waals surface area (Å²) in [7, 11) is 0. The minimum atomic E-state index is -0.133. The molecule has 156 valence electrons. The van der Waals surface area contributed by atoms with Crippen LogP contribution in [0.25, 0.3) is 5.70 Å². The Kier molecular flexibility index (Phi) is 7.13. The highest BCUT2D eigenvalue weighted by Gasteiger charge is 2.34. The van der Waals surface area contributed by atoms with E-state index in [1.54, 1.807) is 11.8 Å². The second-order valence-corrected chi connectivity index (χ2v) is 11.1. The van der Waals surface area contributed by atoms with E-state index in [2.05, 4.69) is 85.6 Å². The molecular weight excluding hydrogens is 442 g/mol. The fourth-order valence-corrected chi connectivity index (χ4v) is 5.62. The van der Waals surface area contributed by atoms with Gasteiger partial charge in [0.2, 0.25) is 0 Å². The lowest BCUT2D eigenvalue weighted by Gasteiger charge is -2.31. The van der Waals surface area contributed by atoms with Gasteiger partial charge in [0.15, 0.2) is 0 Å². The van der Waals surface area contributed by atoms with E-state index in [0.717, 1.165) is 9.51 Å². The van der Waals surface area contributed by atoms with Gasteiger partial charge in [-0.05, 0) is 62.5 Å². The monoisotopic (exact) mass is 473 g/mol. The highest BCUT2D eigenvalue weighted by atomic mass is 79.9. The molecule has 3 rings (SSSR count). The fraction of sp³-hybridized carbons (Fsp3) is 0.458. The maximum absolute atomic E-state index is 6.56. The summed E-state index contributed by atoms with van der Waals surface area (Å²) in [4.78, 5) is 6.83. The number of hydrogen-bond acceptors (Lipinski definition) is 4. The molecule has 3 nitrogen and oxygen atoms in total. The quantitative estimate of drug-likeness (QED) is 0.491. The van der Waals surface area contributed by atoms with Crippen LogP contribution in [0, 0.1) is 0 Å². The maximum atomic E-state index is 6.56. The van der Waals surface area contributed by atoms with Crippen molar-refractivity contribution >= 4 is 33.4 Å². The fourth-order valence-electron chi connectivity index (χ4n) is 3.77. The predicted molar refractivity (Wildman–Crippen MR) is 130 cm³/mol. The van der Waals surface area contributed by atoms with Crippen molar-refractivity contribution in [2.75, 3.05) is 0 Å². The van der Waals surface area contributed by atoms with Crippen molar-refractivity contribution in [1.82, 2.24) is 9.88 Å². The van der Waals surface area contributed by atoms with Crippen LogP contribution in [0.3, 0.4) is 0 Å². The molecule has 0 fully saturated rings. The van der Waals surface area contributed by atoms with Crippen molar-refractivity contribution in [3.8, 4) is 0 Å². The van der Waals surface area contributed by atoms with Crippen LogP contribution >= 0.6 is 27.7 Å². The Balaban J connectivity index is 2.19. The average Bonchev–Trinajstić information content (AvgIpc) is 2.94. The van der Waals surface area contributed by atoms with Crippen molar-refractivity contribution in [3.05, 3.63) is 68.3 Å². The molecule has 1 atom stereocenters. The zero-order valence-electron chi connectivity index (χ0n) is 18.2. The van der Waals surface area contributed by atoms with Gasteiger partial charge in [-0.15, -0.1) is 0 Å². The summed E-state index contributed by atoms with van der Waals surface area (Å²) in [6.45, 7) is 14.4. The van der Waals surface area contributed by atoms with Crippen LogP contribution in [0.2, 0.25) is 0 Å². The molecule has 29 heavy (non-hydrogen) atoms. The minimum Gasteiger partial charge on any atom is -0.339 e. The normalized spacial score (nSPS) is 17.3. The zero-order chi connectivity index (χ0) is 21.3. The van der Waals surface area contributed by atoms with Crippen molar-refractivity contribution in [2.45, 2.75) is 71.3 Å². The predicted octanol–water partition coefficient (Wildman–Crippen LogP) is 6.96. The number of benzene rings is 1. The van der Waals surface area contributed by atoms with Gasteiger partial charge in [0.05, 0.1) is 21.8 Å². The summed E-state index contributed by atoms with van der Waals surface area (Å²) in [6.07, 6.45) is 1.85. The Morgan fingerprint density at radius 2 is 1.66 bits per heavy atom. The number of aromatic nitrogens is 1. The topological polar surface area (TPSA) is 42.1 Å². The van der Waals surface area contributed by atoms with Gasteiger partial charge in [0.1, 0.15) is 5.50 Å². The van der Waals surface area contributed by atoms with Crippen LogP contribution in [0.5, 0.6) is 0 Å². The molecule has 0 radical (unpaired) electrons. The van der Waals surface area contributed by atoms with E-state index in [0.29, 0.717) is 24.3 Å². The second-order valence-electron chi connectivity index (χ2n) is 8.62. The largest absolute Gasteiger partial charge is 0.339 e. The van der Waals surface area contributed by atoms with Crippen LogP contribution in [0.4, 0.5) is 0 Å². The van der Waals surface area contributed by atoms with E-state index in [-0.39, 0.29) is 5.50 Å². The summed E-state index contributed by atoms with van der Waals surface area (Å²) < 4.78 is 1.11. The number of thioether (sulfide) groups is 1. The first-order chi connectivity index (χ1) is 13.7. The SMILES string of the molecule is CC(C)c1cc(C(C)C)c(C2=C(Br)SC(N)N2Cc2ccccn2)c(C(C)C)c1. The summed E-state index contributed by atoms with van der Waals surface area (Å²) in [5, 5.41) is 0. The standard InChI is InChI=1S/C24H32BrN3S/c1-14(2)17-11-19(15(3)4)21(20(12-17)16(5)6)22-23(25)29-24(26)28(22)13-18-9-7-8-10-27-18/h7-12,14-16,24H,13,26H2,1-6H3. The Labute approximate surface area is 188 Å². The Morgan fingerprint density at radius 1 is 1.03 bits per heavy atom.